The van der Waals surface area contributed by atoms with Gasteiger partial charge in [0.2, 0.25) is 0 Å². The average molecular weight is 317 g/mol. The number of nitrogens with one attached hydrogen (secondary N) is 3. The summed E-state index contributed by atoms with van der Waals surface area (Å²) in [6.45, 7) is 2.28. The molecule has 23 heavy (non-hydrogen) atoms. The Balaban J connectivity index is 1.55. The molecule has 6 heteroatoms. The van der Waals surface area contributed by atoms with Gasteiger partial charge in [0.05, 0.1) is 0 Å². The summed E-state index contributed by atoms with van der Waals surface area (Å²) in [6, 6.07) is 7.36. The molecular weight excluding hydrogens is 294 g/mol. The normalized spacial score (nSPS) is 23.7. The van der Waals surface area contributed by atoms with Gasteiger partial charge in [0.25, 0.3) is 11.8 Å². The molecule has 0 aliphatic carbocycles. The maximum atomic E-state index is 12.2. The Morgan fingerprint density at radius 3 is 2.91 bits per heavy atom. The molecule has 2 fully saturated rings. The van der Waals surface area contributed by atoms with E-state index in [9.17, 15) is 9.59 Å². The second kappa shape index (κ2) is 7.57. The smallest absolute Gasteiger partial charge is 0.253 e. The summed E-state index contributed by atoms with van der Waals surface area (Å²) in [4.78, 5) is 24.3. The molecule has 0 radical (unpaired) electrons. The Hall–Kier alpha value is -1.92. The van der Waals surface area contributed by atoms with Crippen molar-refractivity contribution in [3.05, 3.63) is 29.8 Å². The third kappa shape index (κ3) is 4.30. The van der Waals surface area contributed by atoms with Crippen LogP contribution in [0.1, 0.15) is 36.0 Å². The molecule has 2 unspecified atom stereocenters. The molecule has 124 valence electrons. The van der Waals surface area contributed by atoms with Gasteiger partial charge in [-0.25, -0.2) is 0 Å². The minimum atomic E-state index is -0.374. The highest BCUT2D eigenvalue weighted by molar-refractivity contribution is 5.98. The van der Waals surface area contributed by atoms with Gasteiger partial charge in [-0.1, -0.05) is 6.07 Å². The lowest BCUT2D eigenvalue weighted by Crippen LogP contribution is -2.37. The molecule has 0 aromatic heterocycles. The third-order valence-electron chi connectivity index (χ3n) is 4.29. The van der Waals surface area contributed by atoms with E-state index in [2.05, 4.69) is 16.0 Å². The highest BCUT2D eigenvalue weighted by Gasteiger charge is 2.23. The average Bonchev–Trinajstić information content (AvgIpc) is 3.26. The number of amides is 2. The fourth-order valence-corrected chi connectivity index (χ4v) is 2.99. The van der Waals surface area contributed by atoms with Crippen molar-refractivity contribution in [2.75, 3.05) is 25.0 Å². The number of rotatable bonds is 5. The lowest BCUT2D eigenvalue weighted by atomic mass is 10.1. The van der Waals surface area contributed by atoms with Gasteiger partial charge in [0.15, 0.2) is 0 Å². The molecular formula is C17H23N3O3. The summed E-state index contributed by atoms with van der Waals surface area (Å²) in [5.74, 6) is -0.262. The maximum absolute atomic E-state index is 12.2. The van der Waals surface area contributed by atoms with Crippen molar-refractivity contribution in [2.24, 2.45) is 0 Å². The molecule has 0 spiro atoms. The minimum Gasteiger partial charge on any atom is -0.368 e. The van der Waals surface area contributed by atoms with Crippen LogP contribution in [0.5, 0.6) is 0 Å². The van der Waals surface area contributed by atoms with Gasteiger partial charge in [-0.05, 0) is 50.4 Å². The Morgan fingerprint density at radius 2 is 2.17 bits per heavy atom. The maximum Gasteiger partial charge on any atom is 0.253 e. The van der Waals surface area contributed by atoms with Crippen molar-refractivity contribution in [1.82, 2.24) is 10.6 Å². The van der Waals surface area contributed by atoms with Gasteiger partial charge in [0.1, 0.15) is 6.10 Å². The summed E-state index contributed by atoms with van der Waals surface area (Å²) in [5, 5.41) is 9.10. The molecule has 1 aromatic carbocycles. The zero-order chi connectivity index (χ0) is 16.1. The summed E-state index contributed by atoms with van der Waals surface area (Å²) in [7, 11) is 0. The van der Waals surface area contributed by atoms with Gasteiger partial charge in [-0.2, -0.15) is 0 Å². The Morgan fingerprint density at radius 1 is 1.26 bits per heavy atom. The van der Waals surface area contributed by atoms with Crippen LogP contribution in [0.25, 0.3) is 0 Å². The van der Waals surface area contributed by atoms with E-state index in [1.54, 1.807) is 24.3 Å². The van der Waals surface area contributed by atoms with Crippen LogP contribution < -0.4 is 16.0 Å². The van der Waals surface area contributed by atoms with Crippen molar-refractivity contribution in [2.45, 2.75) is 37.8 Å². The Labute approximate surface area is 136 Å². The van der Waals surface area contributed by atoms with Gasteiger partial charge in [-0.15, -0.1) is 0 Å². The Bertz CT molecular complexity index is 564. The molecule has 2 aliphatic heterocycles. The van der Waals surface area contributed by atoms with Gasteiger partial charge in [0, 0.05) is 30.4 Å². The second-order valence-corrected chi connectivity index (χ2v) is 6.08. The first kappa shape index (κ1) is 16.0. The SMILES string of the molecule is O=C(NCC1CCCN1)c1cccc(NC(=O)C2CCCO2)c1. The number of carbonyl (C=O) groups excluding carboxylic acids is 2. The van der Waals surface area contributed by atoms with Crippen molar-refractivity contribution < 1.29 is 14.3 Å². The predicted octanol–water partition coefficient (Wildman–Crippen LogP) is 1.29. The second-order valence-electron chi connectivity index (χ2n) is 6.08. The fraction of sp³-hybridized carbons (Fsp3) is 0.529. The van der Waals surface area contributed by atoms with E-state index in [0.717, 1.165) is 32.2 Å². The number of benzene rings is 1. The first-order valence-electron chi connectivity index (χ1n) is 8.26. The van der Waals surface area contributed by atoms with Gasteiger partial charge >= 0.3 is 0 Å². The van der Waals surface area contributed by atoms with Crippen LogP contribution in [0.15, 0.2) is 24.3 Å². The van der Waals surface area contributed by atoms with Crippen LogP contribution in [0.3, 0.4) is 0 Å². The molecule has 2 heterocycles. The molecule has 0 bridgehead atoms. The molecule has 2 atom stereocenters. The van der Waals surface area contributed by atoms with Crippen molar-refractivity contribution in [3.8, 4) is 0 Å². The van der Waals surface area contributed by atoms with E-state index >= 15 is 0 Å². The number of hydrogen-bond donors (Lipinski definition) is 3. The zero-order valence-electron chi connectivity index (χ0n) is 13.1. The molecule has 3 rings (SSSR count). The summed E-state index contributed by atoms with van der Waals surface area (Å²) in [6.07, 6.45) is 3.54. The molecule has 2 amide bonds. The molecule has 2 aliphatic rings. The number of ether oxygens (including phenoxy) is 1. The number of carbonyl (C=O) groups is 2. The highest BCUT2D eigenvalue weighted by Crippen LogP contribution is 2.16. The largest absolute Gasteiger partial charge is 0.368 e. The van der Waals surface area contributed by atoms with Crippen molar-refractivity contribution in [3.63, 3.8) is 0 Å². The standard InChI is InChI=1S/C17H23N3O3/c21-16(19-11-14-6-2-8-18-14)12-4-1-5-13(10-12)20-17(22)15-7-3-9-23-15/h1,4-5,10,14-15,18H,2-3,6-9,11H2,(H,19,21)(H,20,22). The van der Waals surface area contributed by atoms with Crippen LogP contribution in [0.2, 0.25) is 0 Å². The van der Waals surface area contributed by atoms with E-state index in [1.165, 1.54) is 0 Å². The number of hydrogen-bond acceptors (Lipinski definition) is 4. The fourth-order valence-electron chi connectivity index (χ4n) is 2.99. The van der Waals surface area contributed by atoms with E-state index in [-0.39, 0.29) is 17.9 Å². The number of anilines is 1. The third-order valence-corrected chi connectivity index (χ3v) is 4.29. The lowest BCUT2D eigenvalue weighted by molar-refractivity contribution is -0.124. The lowest BCUT2D eigenvalue weighted by Gasteiger charge is -2.13. The van der Waals surface area contributed by atoms with Crippen LogP contribution in [-0.4, -0.2) is 43.7 Å². The zero-order valence-corrected chi connectivity index (χ0v) is 13.1. The van der Waals surface area contributed by atoms with E-state index in [1.807, 2.05) is 0 Å². The van der Waals surface area contributed by atoms with E-state index in [0.29, 0.717) is 30.4 Å². The molecule has 2 saturated heterocycles. The van der Waals surface area contributed by atoms with Crippen molar-refractivity contribution >= 4 is 17.5 Å². The minimum absolute atomic E-state index is 0.119. The monoisotopic (exact) mass is 317 g/mol. The van der Waals surface area contributed by atoms with Crippen LogP contribution in [-0.2, 0) is 9.53 Å². The molecule has 6 nitrogen and oxygen atoms in total. The quantitative estimate of drug-likeness (QED) is 0.764. The topological polar surface area (TPSA) is 79.5 Å². The summed E-state index contributed by atoms with van der Waals surface area (Å²) >= 11 is 0. The summed E-state index contributed by atoms with van der Waals surface area (Å²) in [5.41, 5.74) is 1.17. The summed E-state index contributed by atoms with van der Waals surface area (Å²) < 4.78 is 5.36. The molecule has 0 saturated carbocycles. The van der Waals surface area contributed by atoms with Gasteiger partial charge < -0.3 is 20.7 Å². The Kier molecular flexibility index (Phi) is 5.25. The van der Waals surface area contributed by atoms with E-state index in [4.69, 9.17) is 4.74 Å². The van der Waals surface area contributed by atoms with Crippen molar-refractivity contribution in [1.29, 1.82) is 0 Å². The van der Waals surface area contributed by atoms with Crippen LogP contribution in [0.4, 0.5) is 5.69 Å². The van der Waals surface area contributed by atoms with Gasteiger partial charge in [-0.3, -0.25) is 9.59 Å². The molecule has 3 N–H and O–H groups in total. The highest BCUT2D eigenvalue weighted by atomic mass is 16.5. The first-order valence-corrected chi connectivity index (χ1v) is 8.26. The van der Waals surface area contributed by atoms with Crippen LogP contribution >= 0.6 is 0 Å². The first-order chi connectivity index (χ1) is 11.2. The molecule has 1 aromatic rings. The van der Waals surface area contributed by atoms with E-state index < -0.39 is 0 Å². The van der Waals surface area contributed by atoms with Crippen LogP contribution in [0, 0.1) is 0 Å². The predicted molar refractivity (Wildman–Crippen MR) is 87.4 cm³/mol.